The van der Waals surface area contributed by atoms with E-state index in [1.807, 2.05) is 43.3 Å². The minimum absolute atomic E-state index is 0. The van der Waals surface area contributed by atoms with Gasteiger partial charge in [0.05, 0.1) is 13.3 Å². The average molecular weight is 599 g/mol. The smallest absolute Gasteiger partial charge is 0.446 e. The number of aliphatic hydroxyl groups is 1. The number of allylic oxidation sites excluding steroid dienone is 2. The molecule has 0 fully saturated rings. The van der Waals surface area contributed by atoms with Gasteiger partial charge < -0.3 is 14.7 Å². The first-order valence-corrected chi connectivity index (χ1v) is 12.8. The molecular weight excluding hydrogens is 570 g/mol. The maximum Gasteiger partial charge on any atom is 0.446 e. The third-order valence-electron chi connectivity index (χ3n) is 6.43. The maximum absolute atomic E-state index is 13.0. The minimum atomic E-state index is -4.36. The minimum Gasteiger partial charge on any atom is -0.497 e. The van der Waals surface area contributed by atoms with Gasteiger partial charge in [0.15, 0.2) is 0 Å². The molecule has 1 unspecified atom stereocenters. The van der Waals surface area contributed by atoms with Gasteiger partial charge in [-0.15, -0.1) is 5.10 Å². The van der Waals surface area contributed by atoms with Gasteiger partial charge in [0, 0.05) is 50.6 Å². The van der Waals surface area contributed by atoms with Crippen molar-refractivity contribution in [3.63, 3.8) is 0 Å². The number of aliphatic hydroxyl groups excluding tert-OH is 1. The number of alkyl halides is 3. The van der Waals surface area contributed by atoms with Gasteiger partial charge in [-0.2, -0.15) is 18.3 Å². The first-order valence-electron chi connectivity index (χ1n) is 12.0. The molecule has 1 radical (unpaired) electrons. The first-order chi connectivity index (χ1) is 18.1. The number of thioether (sulfide) groups is 1. The van der Waals surface area contributed by atoms with Gasteiger partial charge in [-0.25, -0.2) is 0 Å². The number of hydrogen-bond donors (Lipinski definition) is 1. The number of benzene rings is 3. The third-order valence-corrected chi connectivity index (χ3v) is 7.16. The predicted octanol–water partition coefficient (Wildman–Crippen LogP) is 7.52. The van der Waals surface area contributed by atoms with Crippen molar-refractivity contribution < 1.29 is 39.8 Å². The number of methoxy groups -OCH3 is 1. The number of likely N-dealkylation sites (N-methyl/N-ethyl adjacent to an activating group) is 1. The van der Waals surface area contributed by atoms with Crippen LogP contribution in [0.2, 0.25) is 0 Å². The summed E-state index contributed by atoms with van der Waals surface area (Å²) in [5.41, 5.74) is -0.726. The van der Waals surface area contributed by atoms with Crippen molar-refractivity contribution in [2.75, 3.05) is 18.6 Å². The van der Waals surface area contributed by atoms with Crippen LogP contribution in [0.5, 0.6) is 5.75 Å². The van der Waals surface area contributed by atoms with E-state index in [2.05, 4.69) is 22.0 Å². The normalized spacial score (nSPS) is 18.4. The molecule has 0 aliphatic carbocycles. The summed E-state index contributed by atoms with van der Waals surface area (Å²) in [6.45, 7) is 4.76. The van der Waals surface area contributed by atoms with Crippen molar-refractivity contribution in [1.29, 1.82) is 0 Å². The van der Waals surface area contributed by atoms with Gasteiger partial charge in [-0.05, 0) is 91.7 Å². The Morgan fingerprint density at radius 1 is 1.08 bits per heavy atom. The van der Waals surface area contributed by atoms with E-state index >= 15 is 0 Å². The van der Waals surface area contributed by atoms with E-state index in [1.54, 1.807) is 43.5 Å². The molecule has 0 saturated heterocycles. The van der Waals surface area contributed by atoms with Crippen LogP contribution in [-0.4, -0.2) is 36.4 Å². The molecule has 4 rings (SSSR count). The molecule has 1 atom stereocenters. The van der Waals surface area contributed by atoms with E-state index in [-0.39, 0.29) is 39.3 Å². The number of rotatable bonds is 8. The van der Waals surface area contributed by atoms with Crippen LogP contribution in [0, 0.1) is 0 Å². The first kappa shape index (κ1) is 30.3. The molecule has 5 nitrogen and oxygen atoms in total. The fraction of sp³-hybridized carbons (Fsp3) is 0.241. The summed E-state index contributed by atoms with van der Waals surface area (Å²) in [5.74, 6) is 0.494. The second kappa shape index (κ2) is 12.8. The molecule has 3 aromatic rings. The number of halogens is 3. The van der Waals surface area contributed by atoms with Crippen LogP contribution in [0.1, 0.15) is 30.5 Å². The second-order valence-electron chi connectivity index (χ2n) is 8.94. The summed E-state index contributed by atoms with van der Waals surface area (Å²) < 4.78 is 44.6. The Labute approximate surface area is 240 Å². The van der Waals surface area contributed by atoms with Crippen LogP contribution in [0.3, 0.4) is 0 Å². The molecule has 1 N–H and O–H groups in total. The summed E-state index contributed by atoms with van der Waals surface area (Å²) in [6, 6.07) is 21.3. The average Bonchev–Trinajstić information content (AvgIpc) is 3.12. The van der Waals surface area contributed by atoms with Crippen LogP contribution in [-0.2, 0) is 28.6 Å². The Kier molecular flexibility index (Phi) is 9.92. The van der Waals surface area contributed by atoms with E-state index in [0.29, 0.717) is 24.3 Å². The molecule has 207 valence electrons. The van der Waals surface area contributed by atoms with E-state index in [4.69, 9.17) is 4.74 Å². The van der Waals surface area contributed by atoms with Gasteiger partial charge >= 0.3 is 5.51 Å². The maximum atomic E-state index is 13.0. The summed E-state index contributed by atoms with van der Waals surface area (Å²) in [7, 11) is 1.60. The molecule has 1 heterocycles. The molecular formula is C29H28CoF3N3O2S. The van der Waals surface area contributed by atoms with Crippen molar-refractivity contribution in [1.82, 2.24) is 0 Å². The fourth-order valence-corrected chi connectivity index (χ4v) is 5.41. The topological polar surface area (TPSA) is 57.4 Å². The fourth-order valence-electron chi connectivity index (χ4n) is 4.78. The Balaban J connectivity index is 0.00000420. The van der Waals surface area contributed by atoms with Gasteiger partial charge in [-0.1, -0.05) is 30.3 Å². The Bertz CT molecular complexity index is 1380. The second-order valence-corrected chi connectivity index (χ2v) is 10.1. The standard InChI is InChI=1S/C29H28F3N3O2S.Co/c1-4-35-25-14-13-22(37-3)18-24(25)28(2,19-20-9-8-12-23(17-20)38-29(30,31)32)26(35)15-16-33-34-27(36)21-10-6-5-7-11-21;/h5-18H,4,19H2,1-3H3,(H,34,36);/b26-15-,33-16+;. The molecule has 39 heavy (non-hydrogen) atoms. The Morgan fingerprint density at radius 3 is 2.49 bits per heavy atom. The van der Waals surface area contributed by atoms with Crippen LogP contribution >= 0.6 is 11.8 Å². The molecule has 3 aromatic carbocycles. The Hall–Kier alpha value is -3.21. The summed E-state index contributed by atoms with van der Waals surface area (Å²) in [5, 5.41) is 18.2. The van der Waals surface area contributed by atoms with Crippen LogP contribution in [0.15, 0.2) is 99.7 Å². The summed E-state index contributed by atoms with van der Waals surface area (Å²) >= 11 is -0.118. The third kappa shape index (κ3) is 7.06. The van der Waals surface area contributed by atoms with E-state index < -0.39 is 10.9 Å². The molecule has 0 saturated carbocycles. The van der Waals surface area contributed by atoms with Crippen molar-refractivity contribution in [2.24, 2.45) is 10.2 Å². The summed E-state index contributed by atoms with van der Waals surface area (Å²) in [4.78, 5) is 2.29. The van der Waals surface area contributed by atoms with Crippen LogP contribution < -0.4 is 9.64 Å². The van der Waals surface area contributed by atoms with Crippen molar-refractivity contribution in [2.45, 2.75) is 36.1 Å². The number of ether oxygens (including phenoxy) is 1. The van der Waals surface area contributed by atoms with Gasteiger partial charge in [-0.3, -0.25) is 0 Å². The zero-order chi connectivity index (χ0) is 27.3. The number of hydrogen-bond acceptors (Lipinski definition) is 5. The zero-order valence-corrected chi connectivity index (χ0v) is 23.4. The van der Waals surface area contributed by atoms with Crippen molar-refractivity contribution in [3.05, 3.63) is 101 Å². The van der Waals surface area contributed by atoms with Crippen molar-refractivity contribution in [3.8, 4) is 5.75 Å². The molecule has 1 aliphatic rings. The number of anilines is 1. The number of nitrogens with zero attached hydrogens (tertiary/aromatic N) is 3. The molecule has 0 amide bonds. The van der Waals surface area contributed by atoms with E-state index in [9.17, 15) is 18.3 Å². The molecule has 0 bridgehead atoms. The van der Waals surface area contributed by atoms with E-state index in [1.165, 1.54) is 12.3 Å². The van der Waals surface area contributed by atoms with Crippen LogP contribution in [0.4, 0.5) is 18.9 Å². The molecule has 0 spiro atoms. The van der Waals surface area contributed by atoms with Crippen molar-refractivity contribution >= 4 is 29.6 Å². The quantitative estimate of drug-likeness (QED) is 0.126. The monoisotopic (exact) mass is 598 g/mol. The molecule has 0 aromatic heterocycles. The van der Waals surface area contributed by atoms with Gasteiger partial charge in [0.25, 0.3) is 0 Å². The van der Waals surface area contributed by atoms with Gasteiger partial charge in [0.1, 0.15) is 5.75 Å². The zero-order valence-electron chi connectivity index (χ0n) is 21.6. The predicted molar refractivity (Wildman–Crippen MR) is 148 cm³/mol. The molecule has 1 aliphatic heterocycles. The Morgan fingerprint density at radius 2 is 1.82 bits per heavy atom. The van der Waals surface area contributed by atoms with Gasteiger partial charge in [0.2, 0.25) is 5.90 Å². The largest absolute Gasteiger partial charge is 0.497 e. The molecule has 10 heteroatoms. The SMILES string of the molecule is CCN1\C(=C/C=N/N=C(\O)c2ccccc2)C(C)(Cc2cccc(SC(F)(F)F)c2)c2cc(OC)ccc21.[Co]. The number of fused-ring (bicyclic) bond motifs is 1. The summed E-state index contributed by atoms with van der Waals surface area (Å²) in [6.07, 6.45) is 3.81. The van der Waals surface area contributed by atoms with Crippen LogP contribution in [0.25, 0.3) is 0 Å². The van der Waals surface area contributed by atoms with E-state index in [0.717, 1.165) is 22.5 Å².